The molecule has 370 valence electrons. The number of likely N-dealkylation sites (tertiary alicyclic amines) is 2. The average molecular weight is 949 g/mol. The van der Waals surface area contributed by atoms with Crippen LogP contribution in [-0.2, 0) is 27.2 Å². The fourth-order valence-corrected chi connectivity index (χ4v) is 14.6. The zero-order valence-corrected chi connectivity index (χ0v) is 41.2. The molecule has 3 aliphatic heterocycles. The maximum absolute atomic E-state index is 13.2. The Kier molecular flexibility index (Phi) is 12.2. The third-order valence-corrected chi connectivity index (χ3v) is 18.3. The lowest BCUT2D eigenvalue weighted by Crippen LogP contribution is -2.59. The van der Waals surface area contributed by atoms with Gasteiger partial charge in [0.05, 0.1) is 43.4 Å². The van der Waals surface area contributed by atoms with Crippen molar-refractivity contribution >= 4 is 34.6 Å². The second-order valence-corrected chi connectivity index (χ2v) is 22.8. The smallest absolute Gasteiger partial charge is 0.311 e. The summed E-state index contributed by atoms with van der Waals surface area (Å²) in [7, 11) is 1.34. The van der Waals surface area contributed by atoms with E-state index in [0.29, 0.717) is 36.3 Å². The molecular weight excluding hydrogens is 877 g/mol. The van der Waals surface area contributed by atoms with Gasteiger partial charge in [0.1, 0.15) is 24.1 Å². The number of aromatic nitrogens is 2. The number of aryl methyl sites for hydroxylation is 2. The monoisotopic (exact) mass is 949 g/mol. The fourth-order valence-electron chi connectivity index (χ4n) is 14.6. The molecule has 3 aromatic rings. The highest BCUT2D eigenvalue weighted by Crippen LogP contribution is 2.58. The lowest BCUT2D eigenvalue weighted by Gasteiger charge is -2.43. The Balaban J connectivity index is 0.771. The van der Waals surface area contributed by atoms with Crippen LogP contribution in [0.25, 0.3) is 11.1 Å². The number of aromatic amines is 1. The number of methoxy groups -OCH3 is 1. The number of fused-ring (bicyclic) bond motifs is 8. The minimum atomic E-state index is -0.900. The van der Waals surface area contributed by atoms with Crippen LogP contribution < -0.4 is 10.6 Å². The van der Waals surface area contributed by atoms with Gasteiger partial charge in [0.15, 0.2) is 0 Å². The number of imidazole rings is 1. The van der Waals surface area contributed by atoms with Gasteiger partial charge in [0.25, 0.3) is 0 Å². The molecule has 6 N–H and O–H groups in total. The van der Waals surface area contributed by atoms with E-state index in [0.717, 1.165) is 113 Å². The Morgan fingerprint density at radius 1 is 0.943 bits per heavy atom. The molecule has 2 bridgehead atoms. The number of piperidine rings is 1. The van der Waals surface area contributed by atoms with Crippen LogP contribution in [0.15, 0.2) is 65.7 Å². The number of esters is 1. The minimum absolute atomic E-state index is 0.0201. The molecule has 70 heavy (non-hydrogen) atoms. The Labute approximate surface area is 412 Å². The van der Waals surface area contributed by atoms with E-state index in [1.807, 2.05) is 44.2 Å². The number of benzene rings is 2. The molecule has 13 atom stereocenters. The second-order valence-electron chi connectivity index (χ2n) is 22.8. The van der Waals surface area contributed by atoms with E-state index in [4.69, 9.17) is 20.1 Å². The molecule has 1 aromatic heterocycles. The first-order valence-corrected chi connectivity index (χ1v) is 26.9. The molecular formula is C57H72N8O5. The molecule has 4 heterocycles. The molecule has 6 aliphatic carbocycles. The van der Waals surface area contributed by atoms with Crippen molar-refractivity contribution in [2.24, 2.45) is 40.5 Å². The van der Waals surface area contributed by atoms with Gasteiger partial charge in [0.2, 0.25) is 5.91 Å². The number of aliphatic imine (C=N–C) groups is 1. The van der Waals surface area contributed by atoms with Crippen molar-refractivity contribution in [3.05, 3.63) is 100 Å². The Hall–Kier alpha value is -4.95. The number of H-pyrrole nitrogens is 1. The zero-order valence-electron chi connectivity index (χ0n) is 41.2. The number of amidine groups is 1. The largest absolute Gasteiger partial charge is 0.469 e. The highest BCUT2D eigenvalue weighted by molar-refractivity contribution is 5.98. The van der Waals surface area contributed by atoms with Crippen LogP contribution in [0.4, 0.5) is 0 Å². The summed E-state index contributed by atoms with van der Waals surface area (Å²) in [5, 5.41) is 40.3. The van der Waals surface area contributed by atoms with Crippen molar-refractivity contribution < 1.29 is 24.5 Å². The summed E-state index contributed by atoms with van der Waals surface area (Å²) in [5.74, 6) is 2.86. The number of ether oxygens (including phenoxy) is 1. The SMILES string of the molecule is COC(=O)CC(=N)C(C(C)C)C(O)N1CCCC1c1nc2c([nH]1)CCCC1CCC(c3ccc4c(c3)CCC3NC(C5C6CCC(C6)N5C(O)C(NC(=O)C5CC5)c5ccccc5)=NC5C4C35)=CC=C21. The van der Waals surface area contributed by atoms with Crippen molar-refractivity contribution in [2.45, 2.75) is 165 Å². The Morgan fingerprint density at radius 3 is 2.59 bits per heavy atom. The first-order chi connectivity index (χ1) is 34.0. The van der Waals surface area contributed by atoms with Gasteiger partial charge in [-0.05, 0) is 141 Å². The molecule has 2 aromatic carbocycles. The number of hydrogen-bond donors (Lipinski definition) is 6. The highest BCUT2D eigenvalue weighted by Gasteiger charge is 2.61. The molecule has 1 amide bonds. The van der Waals surface area contributed by atoms with Gasteiger partial charge in [-0.25, -0.2) is 4.98 Å². The molecule has 13 nitrogen and oxygen atoms in total. The van der Waals surface area contributed by atoms with Crippen molar-refractivity contribution in [2.75, 3.05) is 13.7 Å². The number of aliphatic hydroxyl groups excluding tert-OH is 2. The van der Waals surface area contributed by atoms with E-state index >= 15 is 0 Å². The van der Waals surface area contributed by atoms with Gasteiger partial charge in [-0.2, -0.15) is 0 Å². The summed E-state index contributed by atoms with van der Waals surface area (Å²) >= 11 is 0. The van der Waals surface area contributed by atoms with Gasteiger partial charge in [-0.1, -0.05) is 74.5 Å². The number of aliphatic hydroxyl groups is 2. The van der Waals surface area contributed by atoms with Gasteiger partial charge in [0, 0.05) is 53.7 Å². The molecule has 0 spiro atoms. The van der Waals surface area contributed by atoms with Crippen LogP contribution >= 0.6 is 0 Å². The van der Waals surface area contributed by atoms with E-state index in [2.05, 4.69) is 55.8 Å². The third-order valence-electron chi connectivity index (χ3n) is 18.3. The lowest BCUT2D eigenvalue weighted by atomic mass is 9.86. The topological polar surface area (TPSA) is 179 Å². The van der Waals surface area contributed by atoms with Crippen molar-refractivity contribution in [1.82, 2.24) is 30.4 Å². The maximum atomic E-state index is 13.2. The number of carbonyl (C=O) groups is 2. The molecule has 9 aliphatic rings. The number of hydrogen-bond acceptors (Lipinski definition) is 11. The van der Waals surface area contributed by atoms with Crippen LogP contribution in [0, 0.1) is 40.9 Å². The normalized spacial score (nSPS) is 31.7. The number of rotatable bonds is 14. The lowest BCUT2D eigenvalue weighted by molar-refractivity contribution is -0.139. The molecule has 5 fully saturated rings. The summed E-state index contributed by atoms with van der Waals surface area (Å²) in [4.78, 5) is 44.5. The number of carbonyl (C=O) groups excluding carboxylic acids is 2. The van der Waals surface area contributed by atoms with Crippen LogP contribution in [0.3, 0.4) is 0 Å². The predicted molar refractivity (Wildman–Crippen MR) is 270 cm³/mol. The number of nitrogens with one attached hydrogen (secondary N) is 4. The molecule has 0 radical (unpaired) electrons. The first-order valence-electron chi connectivity index (χ1n) is 26.9. The van der Waals surface area contributed by atoms with Gasteiger partial charge in [-0.15, -0.1) is 0 Å². The Bertz CT molecular complexity index is 2620. The second kappa shape index (κ2) is 18.6. The van der Waals surface area contributed by atoms with Crippen molar-refractivity contribution in [3.8, 4) is 0 Å². The highest BCUT2D eigenvalue weighted by atomic mass is 16.5. The zero-order chi connectivity index (χ0) is 47.9. The molecule has 2 saturated heterocycles. The van der Waals surface area contributed by atoms with E-state index < -0.39 is 30.4 Å². The Morgan fingerprint density at radius 2 is 1.79 bits per heavy atom. The summed E-state index contributed by atoms with van der Waals surface area (Å²) in [5.41, 5.74) is 10.4. The van der Waals surface area contributed by atoms with E-state index in [9.17, 15) is 19.8 Å². The number of nitrogens with zero attached hydrogens (tertiary/aromatic N) is 4. The molecule has 3 saturated carbocycles. The summed E-state index contributed by atoms with van der Waals surface area (Å²) in [6, 6.07) is 17.6. The van der Waals surface area contributed by atoms with Gasteiger partial charge in [-0.3, -0.25) is 24.4 Å². The van der Waals surface area contributed by atoms with Crippen LogP contribution in [0.2, 0.25) is 0 Å². The number of amides is 1. The summed E-state index contributed by atoms with van der Waals surface area (Å²) in [6.45, 7) is 4.72. The molecule has 13 unspecified atom stereocenters. The fraction of sp³-hybridized carbons (Fsp3) is 0.596. The molecule has 13 heteroatoms. The summed E-state index contributed by atoms with van der Waals surface area (Å²) < 4.78 is 4.87. The maximum Gasteiger partial charge on any atom is 0.311 e. The standard InChI is InChI=1S/C57H72N8O5/c1-30(2)46(41(58)29-45(66)70-3)56(68)64-26-8-13-44(64)53-60-43-12-7-11-32-15-14-31(19-24-40(32)50(43)61-53)35-20-23-39-36(27-35)21-25-42-48-47(39)51(48)62-54(59-42)52-37-18-22-38(28-37)65(52)57(69)49(33-9-5-4-6-10-33)63-55(67)34-16-17-34/h4-6,9-10,19-20,23-24,27,30,32,34,37-38,42,44,46-49,51-52,56-58,68-69H,7-8,11-18,21-22,25-26,28-29H2,1-3H3,(H,59,62)(H,60,61)(H,63,67). The number of allylic oxidation sites excluding steroid dienone is 4. The van der Waals surface area contributed by atoms with E-state index in [1.165, 1.54) is 40.6 Å². The van der Waals surface area contributed by atoms with Gasteiger partial charge < -0.3 is 36.0 Å². The average Bonchev–Trinajstić information content (AvgIpc) is 4.17. The van der Waals surface area contributed by atoms with Crippen molar-refractivity contribution in [3.63, 3.8) is 0 Å². The minimum Gasteiger partial charge on any atom is -0.469 e. The predicted octanol–water partition coefficient (Wildman–Crippen LogP) is 7.77. The summed E-state index contributed by atoms with van der Waals surface area (Å²) in [6.07, 6.45) is 17.1. The van der Waals surface area contributed by atoms with Crippen molar-refractivity contribution in [1.29, 1.82) is 5.41 Å². The van der Waals surface area contributed by atoms with Crippen LogP contribution in [-0.4, -0.2) is 104 Å². The third kappa shape index (κ3) is 8.30. The van der Waals surface area contributed by atoms with E-state index in [-0.39, 0.29) is 54.0 Å². The molecule has 12 rings (SSSR count). The van der Waals surface area contributed by atoms with Gasteiger partial charge >= 0.3 is 5.97 Å². The quantitative estimate of drug-likeness (QED) is 0.0696. The first kappa shape index (κ1) is 46.1. The van der Waals surface area contributed by atoms with E-state index in [1.54, 1.807) is 0 Å². The van der Waals surface area contributed by atoms with Crippen LogP contribution in [0.5, 0.6) is 0 Å². The van der Waals surface area contributed by atoms with Crippen LogP contribution in [0.1, 0.15) is 155 Å².